The van der Waals surface area contributed by atoms with Crippen molar-refractivity contribution in [1.82, 2.24) is 5.32 Å². The first-order chi connectivity index (χ1) is 14.0. The van der Waals surface area contributed by atoms with Crippen LogP contribution in [0.5, 0.6) is 0 Å². The van der Waals surface area contributed by atoms with E-state index in [1.165, 1.54) is 6.92 Å². The number of hydrogen-bond donors (Lipinski definition) is 1. The Morgan fingerprint density at radius 3 is 1.80 bits per heavy atom. The van der Waals surface area contributed by atoms with Crippen LogP contribution in [0, 0.1) is 23.7 Å². The predicted molar refractivity (Wildman–Crippen MR) is 129 cm³/mol. The van der Waals surface area contributed by atoms with E-state index in [0.717, 1.165) is 11.5 Å². The van der Waals surface area contributed by atoms with E-state index in [-0.39, 0.29) is 53.9 Å². The van der Waals surface area contributed by atoms with Crippen LogP contribution in [-0.4, -0.2) is 53.3 Å². The minimum Gasteiger partial charge on any atom is -0.346 e. The summed E-state index contributed by atoms with van der Waals surface area (Å²) < 4.78 is 0. The first kappa shape index (κ1) is 29.2. The summed E-state index contributed by atoms with van der Waals surface area (Å²) in [5, 5.41) is 2.93. The van der Waals surface area contributed by atoms with E-state index in [4.69, 9.17) is 0 Å². The lowest BCUT2D eigenvalue weighted by molar-refractivity contribution is -0.134. The van der Waals surface area contributed by atoms with Crippen LogP contribution < -0.4 is 5.32 Å². The summed E-state index contributed by atoms with van der Waals surface area (Å²) in [5.74, 6) is 0.780. The summed E-state index contributed by atoms with van der Waals surface area (Å²) >= 11 is 3.30. The molecule has 0 radical (unpaired) electrons. The van der Waals surface area contributed by atoms with Crippen LogP contribution in [0.25, 0.3) is 0 Å². The quantitative estimate of drug-likeness (QED) is 0.347. The normalized spacial score (nSPS) is 14.4. The standard InChI is InChI=1S/C23H41NO4S2/c1-15(2)12-20(24-23(28)19(9-11-30-7)13-17(5)25)21(26)14-18(8-10-29-6)22(27)16(3)4/h15-16,18-20H,8-14H2,1-7H3,(H,24,28). The lowest BCUT2D eigenvalue weighted by Crippen LogP contribution is -2.45. The van der Waals surface area contributed by atoms with Crippen molar-refractivity contribution in [1.29, 1.82) is 0 Å². The van der Waals surface area contributed by atoms with Gasteiger partial charge >= 0.3 is 0 Å². The molecule has 1 N–H and O–H groups in total. The number of nitrogens with one attached hydrogen (secondary N) is 1. The van der Waals surface area contributed by atoms with Gasteiger partial charge in [-0.3, -0.25) is 14.4 Å². The molecule has 0 fully saturated rings. The highest BCUT2D eigenvalue weighted by molar-refractivity contribution is 7.98. The van der Waals surface area contributed by atoms with E-state index >= 15 is 0 Å². The van der Waals surface area contributed by atoms with Crippen molar-refractivity contribution < 1.29 is 19.2 Å². The number of hydrogen-bond acceptors (Lipinski definition) is 6. The highest BCUT2D eigenvalue weighted by Gasteiger charge is 2.30. The smallest absolute Gasteiger partial charge is 0.224 e. The Hall–Kier alpha value is -0.820. The second kappa shape index (κ2) is 15.9. The maximum Gasteiger partial charge on any atom is 0.224 e. The van der Waals surface area contributed by atoms with Crippen LogP contribution in [0.3, 0.4) is 0 Å². The monoisotopic (exact) mass is 459 g/mol. The first-order valence-corrected chi connectivity index (χ1v) is 13.7. The van der Waals surface area contributed by atoms with E-state index in [1.807, 2.05) is 40.2 Å². The third-order valence-corrected chi connectivity index (χ3v) is 6.36. The number of rotatable bonds is 17. The van der Waals surface area contributed by atoms with Crippen molar-refractivity contribution in [3.63, 3.8) is 0 Å². The van der Waals surface area contributed by atoms with E-state index < -0.39 is 12.0 Å². The number of amides is 1. The molecule has 0 rings (SSSR count). The number of ketones is 3. The topological polar surface area (TPSA) is 80.3 Å². The maximum absolute atomic E-state index is 13.1. The fourth-order valence-electron chi connectivity index (χ4n) is 3.43. The second-order valence-electron chi connectivity index (χ2n) is 8.78. The Morgan fingerprint density at radius 2 is 1.37 bits per heavy atom. The van der Waals surface area contributed by atoms with Gasteiger partial charge in [-0.05, 0) is 56.1 Å². The van der Waals surface area contributed by atoms with Crippen LogP contribution in [-0.2, 0) is 19.2 Å². The second-order valence-corrected chi connectivity index (χ2v) is 10.8. The zero-order valence-corrected chi connectivity index (χ0v) is 21.4. The molecule has 174 valence electrons. The zero-order valence-electron chi connectivity index (χ0n) is 19.8. The van der Waals surface area contributed by atoms with E-state index in [0.29, 0.717) is 19.3 Å². The van der Waals surface area contributed by atoms with Gasteiger partial charge in [0.15, 0.2) is 5.78 Å². The molecule has 1 amide bonds. The Morgan fingerprint density at radius 1 is 0.833 bits per heavy atom. The molecule has 0 aromatic rings. The average Bonchev–Trinajstić information content (AvgIpc) is 2.66. The summed E-state index contributed by atoms with van der Waals surface area (Å²) in [4.78, 5) is 50.2. The number of carbonyl (C=O) groups is 4. The van der Waals surface area contributed by atoms with Gasteiger partial charge in [-0.1, -0.05) is 27.7 Å². The van der Waals surface area contributed by atoms with Gasteiger partial charge in [-0.2, -0.15) is 23.5 Å². The molecule has 0 saturated carbocycles. The van der Waals surface area contributed by atoms with Gasteiger partial charge in [0, 0.05) is 30.6 Å². The summed E-state index contributed by atoms with van der Waals surface area (Å²) in [6, 6.07) is -0.613. The minimum atomic E-state index is -0.613. The van der Waals surface area contributed by atoms with Crippen molar-refractivity contribution in [2.24, 2.45) is 23.7 Å². The molecule has 0 aliphatic rings. The summed E-state index contributed by atoms with van der Waals surface area (Å²) in [5.41, 5.74) is 0. The fourth-order valence-corrected chi connectivity index (χ4v) is 4.47. The molecule has 7 heteroatoms. The first-order valence-electron chi connectivity index (χ1n) is 10.9. The average molecular weight is 460 g/mol. The van der Waals surface area contributed by atoms with Gasteiger partial charge in [-0.15, -0.1) is 0 Å². The zero-order chi connectivity index (χ0) is 23.3. The third-order valence-electron chi connectivity index (χ3n) is 5.08. The molecule has 0 saturated heterocycles. The highest BCUT2D eigenvalue weighted by atomic mass is 32.2. The van der Waals surface area contributed by atoms with Crippen molar-refractivity contribution in [2.45, 2.75) is 72.8 Å². The van der Waals surface area contributed by atoms with E-state index in [9.17, 15) is 19.2 Å². The third kappa shape index (κ3) is 12.1. The molecular weight excluding hydrogens is 418 g/mol. The summed E-state index contributed by atoms with van der Waals surface area (Å²) in [6.45, 7) is 9.24. The fraction of sp³-hybridized carbons (Fsp3) is 0.826. The molecular formula is C23H41NO4S2. The molecule has 3 unspecified atom stereocenters. The van der Waals surface area contributed by atoms with Crippen LogP contribution in [0.1, 0.15) is 66.7 Å². The largest absolute Gasteiger partial charge is 0.346 e. The Balaban J connectivity index is 5.37. The highest BCUT2D eigenvalue weighted by Crippen LogP contribution is 2.21. The molecule has 0 aromatic carbocycles. The van der Waals surface area contributed by atoms with Crippen molar-refractivity contribution in [2.75, 3.05) is 24.0 Å². The summed E-state index contributed by atoms with van der Waals surface area (Å²) in [6.07, 6.45) is 6.13. The molecule has 0 aromatic heterocycles. The molecule has 0 heterocycles. The number of thioether (sulfide) groups is 2. The molecule has 0 aliphatic carbocycles. The van der Waals surface area contributed by atoms with Crippen molar-refractivity contribution >= 4 is 46.8 Å². The van der Waals surface area contributed by atoms with Gasteiger partial charge in [0.05, 0.1) is 6.04 Å². The molecule has 5 nitrogen and oxygen atoms in total. The Kier molecular flexibility index (Phi) is 15.5. The summed E-state index contributed by atoms with van der Waals surface area (Å²) in [7, 11) is 0. The van der Waals surface area contributed by atoms with E-state index in [1.54, 1.807) is 23.5 Å². The number of carbonyl (C=O) groups excluding carboxylic acids is 4. The van der Waals surface area contributed by atoms with Gasteiger partial charge in [0.2, 0.25) is 5.91 Å². The molecule has 0 bridgehead atoms. The molecule has 30 heavy (non-hydrogen) atoms. The Bertz CT molecular complexity index is 563. The van der Waals surface area contributed by atoms with Gasteiger partial charge in [0.1, 0.15) is 11.6 Å². The van der Waals surface area contributed by atoms with Crippen LogP contribution in [0.15, 0.2) is 0 Å². The van der Waals surface area contributed by atoms with Gasteiger partial charge in [0.25, 0.3) is 0 Å². The lowest BCUT2D eigenvalue weighted by atomic mass is 9.86. The predicted octanol–water partition coefficient (Wildman–Crippen LogP) is 4.42. The lowest BCUT2D eigenvalue weighted by Gasteiger charge is -2.25. The number of Topliss-reactive ketones (excluding diaryl/α,β-unsaturated/α-hetero) is 3. The minimum absolute atomic E-state index is 0.0253. The molecule has 0 aliphatic heterocycles. The van der Waals surface area contributed by atoms with E-state index in [2.05, 4.69) is 5.32 Å². The molecule has 0 spiro atoms. The van der Waals surface area contributed by atoms with Crippen molar-refractivity contribution in [3.8, 4) is 0 Å². The Labute approximate surface area is 191 Å². The van der Waals surface area contributed by atoms with Crippen LogP contribution in [0.4, 0.5) is 0 Å². The van der Waals surface area contributed by atoms with Crippen molar-refractivity contribution in [3.05, 3.63) is 0 Å². The molecule has 3 atom stereocenters. The van der Waals surface area contributed by atoms with Crippen LogP contribution in [0.2, 0.25) is 0 Å². The van der Waals surface area contributed by atoms with Crippen LogP contribution >= 0.6 is 23.5 Å². The maximum atomic E-state index is 13.1. The van der Waals surface area contributed by atoms with Gasteiger partial charge < -0.3 is 10.1 Å². The SMILES string of the molecule is CSCCC(CC(C)=O)C(=O)NC(CC(C)C)C(=O)CC(CCSC)C(=O)C(C)C. The van der Waals surface area contributed by atoms with Gasteiger partial charge in [-0.25, -0.2) is 0 Å².